The molecular weight excluding hydrogens is 587 g/mol. The van der Waals surface area contributed by atoms with Crippen LogP contribution in [0.1, 0.15) is 67.1 Å². The minimum absolute atomic E-state index is 0.00902. The molecule has 3 amide bonds. The molecule has 1 saturated carbocycles. The average molecular weight is 631 g/mol. The molecule has 1 aromatic heterocycles. The maximum Gasteiger partial charge on any atom is 0.272 e. The summed E-state index contributed by atoms with van der Waals surface area (Å²) >= 11 is 0. The molecule has 0 radical (unpaired) electrons. The van der Waals surface area contributed by atoms with Crippen LogP contribution in [0.2, 0.25) is 0 Å². The van der Waals surface area contributed by atoms with Gasteiger partial charge in [0.2, 0.25) is 11.8 Å². The number of hydrogen-bond acceptors (Lipinski definition) is 6. The SMILES string of the molecule is CC1CN(C(=O)CC2CCCCC2)CCN1CC(=O)N1CCN(C(=O)c2cc(Cc3n[nH]c(=O)c4ccccc34)ccc2F)CC1. The van der Waals surface area contributed by atoms with Gasteiger partial charge >= 0.3 is 0 Å². The summed E-state index contributed by atoms with van der Waals surface area (Å²) in [6.07, 6.45) is 7.02. The van der Waals surface area contributed by atoms with Crippen molar-refractivity contribution in [3.63, 3.8) is 0 Å². The summed E-state index contributed by atoms with van der Waals surface area (Å²) in [6, 6.07) is 11.7. The molecule has 0 bridgehead atoms. The van der Waals surface area contributed by atoms with E-state index >= 15 is 0 Å². The van der Waals surface area contributed by atoms with Gasteiger partial charge in [-0.05, 0) is 49.4 Å². The lowest BCUT2D eigenvalue weighted by atomic mass is 9.86. The second-order valence-electron chi connectivity index (χ2n) is 13.1. The number of H-pyrrole nitrogens is 1. The van der Waals surface area contributed by atoms with E-state index in [2.05, 4.69) is 22.0 Å². The Labute approximate surface area is 268 Å². The zero-order valence-corrected chi connectivity index (χ0v) is 26.5. The number of carbonyl (C=O) groups excluding carboxylic acids is 3. The van der Waals surface area contributed by atoms with E-state index < -0.39 is 11.7 Å². The van der Waals surface area contributed by atoms with Gasteiger partial charge < -0.3 is 14.7 Å². The molecular formula is C35H43FN6O4. The summed E-state index contributed by atoms with van der Waals surface area (Å²) in [6.45, 7) is 5.71. The zero-order valence-electron chi connectivity index (χ0n) is 26.5. The summed E-state index contributed by atoms with van der Waals surface area (Å²) in [5.74, 6) is -0.239. The Morgan fingerprint density at radius 3 is 2.30 bits per heavy atom. The second kappa shape index (κ2) is 14.1. The normalized spacial score (nSPS) is 19.9. The van der Waals surface area contributed by atoms with Crippen LogP contribution in [0.3, 0.4) is 0 Å². The first-order chi connectivity index (χ1) is 22.3. The third-order valence-corrected chi connectivity index (χ3v) is 9.97. The third kappa shape index (κ3) is 7.14. The van der Waals surface area contributed by atoms with Crippen LogP contribution in [-0.2, 0) is 16.0 Å². The van der Waals surface area contributed by atoms with E-state index in [4.69, 9.17) is 0 Å². The van der Waals surface area contributed by atoms with Gasteiger partial charge in [-0.1, -0.05) is 43.5 Å². The van der Waals surface area contributed by atoms with Crippen LogP contribution >= 0.6 is 0 Å². The highest BCUT2D eigenvalue weighted by Crippen LogP contribution is 2.27. The number of nitrogens with one attached hydrogen (secondary N) is 1. The van der Waals surface area contributed by atoms with Crippen LogP contribution in [0.15, 0.2) is 47.3 Å². The number of nitrogens with zero attached hydrogens (tertiary/aromatic N) is 5. The van der Waals surface area contributed by atoms with Crippen LogP contribution in [-0.4, -0.2) is 106 Å². The Balaban J connectivity index is 1.01. The van der Waals surface area contributed by atoms with Crippen LogP contribution in [0, 0.1) is 11.7 Å². The minimum atomic E-state index is -0.600. The first kappa shape index (κ1) is 31.8. The number of aromatic amines is 1. The standard InChI is InChI=1S/C35H43FN6O4/c1-24-22-42(32(43)21-25-7-3-2-4-8-25)18-17-41(24)23-33(44)39-13-15-40(16-14-39)35(46)29-19-26(11-12-30(29)36)20-31-27-9-5-6-10-28(27)34(45)38-37-31/h5-6,9-12,19,24-25H,2-4,7-8,13-18,20-23H2,1H3,(H,38,45). The van der Waals surface area contributed by atoms with Crippen molar-refractivity contribution in [2.45, 2.75) is 57.9 Å². The van der Waals surface area contributed by atoms with Crippen molar-refractivity contribution >= 4 is 28.5 Å². The molecule has 2 aliphatic heterocycles. The maximum absolute atomic E-state index is 14.9. The summed E-state index contributed by atoms with van der Waals surface area (Å²) in [7, 11) is 0. The zero-order chi connectivity index (χ0) is 32.2. The van der Waals surface area contributed by atoms with Gasteiger partial charge in [0.1, 0.15) is 5.82 Å². The first-order valence-electron chi connectivity index (χ1n) is 16.6. The predicted octanol–water partition coefficient (Wildman–Crippen LogP) is 3.44. The van der Waals surface area contributed by atoms with Gasteiger partial charge in [-0.3, -0.25) is 24.1 Å². The van der Waals surface area contributed by atoms with Crippen molar-refractivity contribution in [3.05, 3.63) is 75.5 Å². The monoisotopic (exact) mass is 630 g/mol. The van der Waals surface area contributed by atoms with E-state index in [1.807, 2.05) is 17.0 Å². The summed E-state index contributed by atoms with van der Waals surface area (Å²) < 4.78 is 14.9. The van der Waals surface area contributed by atoms with Gasteiger partial charge in [-0.2, -0.15) is 5.10 Å². The molecule has 1 N–H and O–H groups in total. The molecule has 1 unspecified atom stereocenters. The lowest BCUT2D eigenvalue weighted by molar-refractivity contribution is -0.138. The number of benzene rings is 2. The number of aromatic nitrogens is 2. The van der Waals surface area contributed by atoms with E-state index in [0.29, 0.717) is 86.6 Å². The topological polar surface area (TPSA) is 110 Å². The highest BCUT2D eigenvalue weighted by Gasteiger charge is 2.32. The molecule has 3 heterocycles. The van der Waals surface area contributed by atoms with E-state index in [-0.39, 0.29) is 35.5 Å². The largest absolute Gasteiger partial charge is 0.340 e. The summed E-state index contributed by atoms with van der Waals surface area (Å²) in [5, 5.41) is 7.96. The fraction of sp³-hybridized carbons (Fsp3) is 0.514. The quantitative estimate of drug-likeness (QED) is 0.429. The Bertz CT molecular complexity index is 1650. The lowest BCUT2D eigenvalue weighted by Gasteiger charge is -2.41. The van der Waals surface area contributed by atoms with Crippen molar-refractivity contribution in [2.24, 2.45) is 5.92 Å². The molecule has 244 valence electrons. The molecule has 2 aromatic carbocycles. The molecule has 3 aromatic rings. The molecule has 46 heavy (non-hydrogen) atoms. The van der Waals surface area contributed by atoms with Gasteiger partial charge in [0.15, 0.2) is 0 Å². The number of fused-ring (bicyclic) bond motifs is 1. The highest BCUT2D eigenvalue weighted by molar-refractivity contribution is 5.95. The fourth-order valence-electron chi connectivity index (χ4n) is 7.17. The van der Waals surface area contributed by atoms with Crippen molar-refractivity contribution in [2.75, 3.05) is 52.4 Å². The van der Waals surface area contributed by atoms with Gasteiger partial charge in [-0.15, -0.1) is 0 Å². The number of rotatable bonds is 7. The third-order valence-electron chi connectivity index (χ3n) is 9.97. The second-order valence-corrected chi connectivity index (χ2v) is 13.1. The number of hydrogen-bond donors (Lipinski definition) is 1. The molecule has 0 spiro atoms. The summed E-state index contributed by atoms with van der Waals surface area (Å²) in [4.78, 5) is 59.2. The molecule has 1 atom stereocenters. The van der Waals surface area contributed by atoms with E-state index in [1.54, 1.807) is 34.1 Å². The maximum atomic E-state index is 14.9. The fourth-order valence-corrected chi connectivity index (χ4v) is 7.17. The molecule has 3 aliphatic rings. The van der Waals surface area contributed by atoms with Crippen LogP contribution < -0.4 is 5.56 Å². The van der Waals surface area contributed by atoms with Gasteiger partial charge in [0.25, 0.3) is 11.5 Å². The van der Waals surface area contributed by atoms with Crippen LogP contribution in [0.5, 0.6) is 0 Å². The van der Waals surface area contributed by atoms with Crippen molar-refractivity contribution in [3.8, 4) is 0 Å². The molecule has 1 aliphatic carbocycles. The molecule has 11 heteroatoms. The molecule has 6 rings (SSSR count). The molecule has 3 fully saturated rings. The highest BCUT2D eigenvalue weighted by atomic mass is 19.1. The van der Waals surface area contributed by atoms with E-state index in [9.17, 15) is 23.6 Å². The number of piperazine rings is 2. The molecule has 10 nitrogen and oxygen atoms in total. The molecule has 2 saturated heterocycles. The average Bonchev–Trinajstić information content (AvgIpc) is 3.08. The van der Waals surface area contributed by atoms with E-state index in [1.165, 1.54) is 25.3 Å². The van der Waals surface area contributed by atoms with Gasteiger partial charge in [-0.25, -0.2) is 9.49 Å². The van der Waals surface area contributed by atoms with Crippen molar-refractivity contribution < 1.29 is 18.8 Å². The Kier molecular flexibility index (Phi) is 9.77. The lowest BCUT2D eigenvalue weighted by Crippen LogP contribution is -2.57. The summed E-state index contributed by atoms with van der Waals surface area (Å²) in [5.41, 5.74) is 1.04. The Morgan fingerprint density at radius 1 is 0.870 bits per heavy atom. The minimum Gasteiger partial charge on any atom is -0.340 e. The number of halogens is 1. The predicted molar refractivity (Wildman–Crippen MR) is 173 cm³/mol. The van der Waals surface area contributed by atoms with Crippen molar-refractivity contribution in [1.82, 2.24) is 29.8 Å². The van der Waals surface area contributed by atoms with Crippen LogP contribution in [0.25, 0.3) is 10.8 Å². The van der Waals surface area contributed by atoms with E-state index in [0.717, 1.165) is 12.8 Å². The Morgan fingerprint density at radius 2 is 1.57 bits per heavy atom. The first-order valence-corrected chi connectivity index (χ1v) is 16.6. The smallest absolute Gasteiger partial charge is 0.272 e. The van der Waals surface area contributed by atoms with Gasteiger partial charge in [0.05, 0.1) is 23.2 Å². The number of carbonyl (C=O) groups is 3. The number of amides is 3. The van der Waals surface area contributed by atoms with Crippen LogP contribution in [0.4, 0.5) is 4.39 Å². The Hall–Kier alpha value is -4.12. The van der Waals surface area contributed by atoms with Gasteiger partial charge in [0, 0.05) is 70.1 Å². The van der Waals surface area contributed by atoms with Crippen molar-refractivity contribution in [1.29, 1.82) is 0 Å².